The number of hydrogen-bond donors (Lipinski definition) is 2. The van der Waals surface area contributed by atoms with E-state index in [1.165, 1.54) is 7.11 Å². The van der Waals surface area contributed by atoms with Gasteiger partial charge in [0.25, 0.3) is 0 Å². The van der Waals surface area contributed by atoms with Gasteiger partial charge < -0.3 is 20.1 Å². The van der Waals surface area contributed by atoms with Crippen molar-refractivity contribution in [1.29, 1.82) is 0 Å². The SMILES string of the molecule is COC(=O)Cc1ccc(-c2cc3c(s2)C(NC2=CC(OC(C)C)CC=C2)=NC(C)N3)cc1. The number of allylic oxidation sites excluding steroid dienone is 1. The van der Waals surface area contributed by atoms with E-state index in [-0.39, 0.29) is 30.8 Å². The molecule has 0 amide bonds. The van der Waals surface area contributed by atoms with Crippen LogP contribution in [0.5, 0.6) is 0 Å². The summed E-state index contributed by atoms with van der Waals surface area (Å²) in [7, 11) is 1.41. The molecule has 7 heteroatoms. The first-order valence-corrected chi connectivity index (χ1v) is 11.7. The normalized spacial score (nSPS) is 19.7. The summed E-state index contributed by atoms with van der Waals surface area (Å²) in [6.45, 7) is 6.15. The summed E-state index contributed by atoms with van der Waals surface area (Å²) in [5.74, 6) is 0.632. The Morgan fingerprint density at radius 2 is 2.09 bits per heavy atom. The minimum atomic E-state index is -0.235. The molecule has 0 bridgehead atoms. The Kier molecular flexibility index (Phi) is 6.77. The number of rotatable bonds is 6. The first kappa shape index (κ1) is 22.3. The number of ether oxygens (including phenoxy) is 2. The van der Waals surface area contributed by atoms with Crippen molar-refractivity contribution in [2.45, 2.75) is 52.0 Å². The van der Waals surface area contributed by atoms with Crippen molar-refractivity contribution in [3.8, 4) is 10.4 Å². The van der Waals surface area contributed by atoms with Crippen LogP contribution in [0.2, 0.25) is 0 Å². The molecule has 2 N–H and O–H groups in total. The Balaban J connectivity index is 1.54. The average molecular weight is 452 g/mol. The highest BCUT2D eigenvalue weighted by Gasteiger charge is 2.23. The van der Waals surface area contributed by atoms with E-state index in [0.717, 1.165) is 44.5 Å². The molecular formula is C25H29N3O3S. The predicted molar refractivity (Wildman–Crippen MR) is 130 cm³/mol. The predicted octanol–water partition coefficient (Wildman–Crippen LogP) is 4.88. The minimum absolute atomic E-state index is 0.0224. The number of methoxy groups -OCH3 is 1. The van der Waals surface area contributed by atoms with Gasteiger partial charge in [0, 0.05) is 10.6 Å². The molecule has 0 radical (unpaired) electrons. The van der Waals surface area contributed by atoms with E-state index in [9.17, 15) is 4.79 Å². The van der Waals surface area contributed by atoms with Gasteiger partial charge in [0.15, 0.2) is 0 Å². The monoisotopic (exact) mass is 451 g/mol. The van der Waals surface area contributed by atoms with E-state index >= 15 is 0 Å². The Hall–Kier alpha value is -2.90. The number of fused-ring (bicyclic) bond motifs is 1. The van der Waals surface area contributed by atoms with E-state index in [1.54, 1.807) is 11.3 Å². The lowest BCUT2D eigenvalue weighted by Gasteiger charge is -2.24. The van der Waals surface area contributed by atoms with E-state index in [1.807, 2.05) is 31.2 Å². The van der Waals surface area contributed by atoms with Gasteiger partial charge in [0.05, 0.1) is 36.3 Å². The summed E-state index contributed by atoms with van der Waals surface area (Å²) in [6, 6.07) is 10.2. The van der Waals surface area contributed by atoms with Crippen LogP contribution in [-0.2, 0) is 20.7 Å². The second-order valence-corrected chi connectivity index (χ2v) is 9.26. The molecule has 1 aliphatic carbocycles. The molecule has 1 aliphatic heterocycles. The van der Waals surface area contributed by atoms with E-state index in [0.29, 0.717) is 0 Å². The molecule has 1 aromatic carbocycles. The molecule has 32 heavy (non-hydrogen) atoms. The van der Waals surface area contributed by atoms with Crippen LogP contribution in [0.3, 0.4) is 0 Å². The maximum atomic E-state index is 11.5. The number of benzene rings is 1. The van der Waals surface area contributed by atoms with Crippen molar-refractivity contribution >= 4 is 28.8 Å². The maximum Gasteiger partial charge on any atom is 0.309 e. The fourth-order valence-electron chi connectivity index (χ4n) is 3.76. The molecule has 2 atom stereocenters. The van der Waals surface area contributed by atoms with Crippen molar-refractivity contribution in [3.05, 3.63) is 64.7 Å². The number of hydrogen-bond acceptors (Lipinski definition) is 7. The molecule has 4 rings (SSSR count). The highest BCUT2D eigenvalue weighted by molar-refractivity contribution is 7.18. The van der Waals surface area contributed by atoms with Crippen LogP contribution in [0.4, 0.5) is 5.69 Å². The number of nitrogens with zero attached hydrogens (tertiary/aromatic N) is 1. The van der Waals surface area contributed by atoms with Crippen molar-refractivity contribution in [3.63, 3.8) is 0 Å². The van der Waals surface area contributed by atoms with Crippen molar-refractivity contribution < 1.29 is 14.3 Å². The first-order chi connectivity index (χ1) is 15.4. The third kappa shape index (κ3) is 5.29. The molecule has 0 saturated heterocycles. The number of carbonyl (C=O) groups excluding carboxylic acids is 1. The highest BCUT2D eigenvalue weighted by Crippen LogP contribution is 2.37. The smallest absolute Gasteiger partial charge is 0.309 e. The highest BCUT2D eigenvalue weighted by atomic mass is 32.1. The number of anilines is 1. The second kappa shape index (κ2) is 9.71. The lowest BCUT2D eigenvalue weighted by atomic mass is 10.1. The molecule has 6 nitrogen and oxygen atoms in total. The topological polar surface area (TPSA) is 72.0 Å². The summed E-state index contributed by atoms with van der Waals surface area (Å²) >= 11 is 1.69. The Morgan fingerprint density at radius 3 is 2.81 bits per heavy atom. The quantitative estimate of drug-likeness (QED) is 0.613. The largest absolute Gasteiger partial charge is 0.469 e. The number of aliphatic imine (C=N–C) groups is 1. The van der Waals surface area contributed by atoms with E-state index in [4.69, 9.17) is 14.5 Å². The van der Waals surface area contributed by atoms with Crippen LogP contribution >= 0.6 is 11.3 Å². The van der Waals surface area contributed by atoms with Crippen LogP contribution in [0.1, 0.15) is 37.6 Å². The fraction of sp³-hybridized carbons (Fsp3) is 0.360. The lowest BCUT2D eigenvalue weighted by Crippen LogP contribution is -2.32. The molecule has 0 spiro atoms. The number of carbonyl (C=O) groups is 1. The van der Waals surface area contributed by atoms with Gasteiger partial charge in [-0.1, -0.05) is 30.3 Å². The third-order valence-corrected chi connectivity index (χ3v) is 6.38. The fourth-order valence-corrected chi connectivity index (χ4v) is 4.84. The van der Waals surface area contributed by atoms with Crippen LogP contribution in [-0.4, -0.2) is 37.3 Å². The zero-order valence-electron chi connectivity index (χ0n) is 18.8. The molecule has 2 aromatic rings. The second-order valence-electron chi connectivity index (χ2n) is 8.21. The molecular weight excluding hydrogens is 422 g/mol. The summed E-state index contributed by atoms with van der Waals surface area (Å²) in [5, 5.41) is 6.97. The summed E-state index contributed by atoms with van der Waals surface area (Å²) < 4.78 is 10.7. The van der Waals surface area contributed by atoms with Gasteiger partial charge in [-0.3, -0.25) is 4.79 Å². The zero-order valence-corrected chi connectivity index (χ0v) is 19.7. The van der Waals surface area contributed by atoms with Crippen LogP contribution in [0.15, 0.2) is 59.2 Å². The summed E-state index contributed by atoms with van der Waals surface area (Å²) in [6.07, 6.45) is 7.75. The van der Waals surface area contributed by atoms with E-state index in [2.05, 4.69) is 48.8 Å². The zero-order chi connectivity index (χ0) is 22.7. The van der Waals surface area contributed by atoms with Crippen LogP contribution in [0, 0.1) is 0 Å². The van der Waals surface area contributed by atoms with Crippen LogP contribution in [0.25, 0.3) is 10.4 Å². The summed E-state index contributed by atoms with van der Waals surface area (Å²) in [5.41, 5.74) is 4.12. The lowest BCUT2D eigenvalue weighted by molar-refractivity contribution is -0.139. The van der Waals surface area contributed by atoms with Crippen LogP contribution < -0.4 is 10.6 Å². The molecule has 2 unspecified atom stereocenters. The molecule has 1 aromatic heterocycles. The molecule has 168 valence electrons. The Labute approximate surface area is 193 Å². The Morgan fingerprint density at radius 1 is 1.31 bits per heavy atom. The molecule has 2 heterocycles. The van der Waals surface area contributed by atoms with Gasteiger partial charge in [-0.25, -0.2) is 4.99 Å². The van der Waals surface area contributed by atoms with Crippen molar-refractivity contribution in [2.75, 3.05) is 12.4 Å². The summed E-state index contributed by atoms with van der Waals surface area (Å²) in [4.78, 5) is 18.5. The van der Waals surface area contributed by atoms with Gasteiger partial charge in [-0.15, -0.1) is 11.3 Å². The number of esters is 1. The first-order valence-electron chi connectivity index (χ1n) is 10.9. The van der Waals surface area contributed by atoms with E-state index < -0.39 is 0 Å². The molecule has 0 fully saturated rings. The van der Waals surface area contributed by atoms with Crippen molar-refractivity contribution in [2.24, 2.45) is 4.99 Å². The third-order valence-electron chi connectivity index (χ3n) is 5.19. The minimum Gasteiger partial charge on any atom is -0.469 e. The van der Waals surface area contributed by atoms with Gasteiger partial charge in [0.2, 0.25) is 0 Å². The maximum absolute atomic E-state index is 11.5. The van der Waals surface area contributed by atoms with Gasteiger partial charge in [0.1, 0.15) is 12.0 Å². The number of thiophene rings is 1. The van der Waals surface area contributed by atoms with Gasteiger partial charge >= 0.3 is 5.97 Å². The number of amidine groups is 1. The van der Waals surface area contributed by atoms with Crippen molar-refractivity contribution in [1.82, 2.24) is 5.32 Å². The van der Waals surface area contributed by atoms with Gasteiger partial charge in [-0.2, -0.15) is 0 Å². The Bertz CT molecular complexity index is 1070. The molecule has 2 aliphatic rings. The molecule has 0 saturated carbocycles. The number of nitrogens with one attached hydrogen (secondary N) is 2. The van der Waals surface area contributed by atoms with Gasteiger partial charge in [-0.05, 0) is 56.5 Å². The standard InChI is InChI=1S/C25H29N3O3S/c1-15(2)31-20-7-5-6-19(13-20)28-25-24-21(26-16(3)27-25)14-22(32-24)18-10-8-17(9-11-18)12-23(29)30-4/h5-6,8-11,13-16,20,26H,7,12H2,1-4H3,(H,27,28). The average Bonchev–Trinajstić information content (AvgIpc) is 3.18.